The van der Waals surface area contributed by atoms with E-state index in [9.17, 15) is 8.42 Å². The number of sulfone groups is 1. The minimum absolute atomic E-state index is 0. The molecular weight excluding hydrogens is 365 g/mol. The minimum Gasteiger partial charge on any atom is -0.370 e. The van der Waals surface area contributed by atoms with Crippen molar-refractivity contribution < 1.29 is 8.42 Å². The molecule has 0 aromatic carbocycles. The van der Waals surface area contributed by atoms with Crippen molar-refractivity contribution in [1.82, 2.24) is 5.32 Å². The third kappa shape index (κ3) is 8.96. The quantitative estimate of drug-likeness (QED) is 0.328. The lowest BCUT2D eigenvalue weighted by atomic mass is 10.1. The van der Waals surface area contributed by atoms with E-state index in [2.05, 4.69) is 10.3 Å². The number of halogens is 1. The van der Waals surface area contributed by atoms with E-state index in [4.69, 9.17) is 5.73 Å². The van der Waals surface area contributed by atoms with Crippen molar-refractivity contribution in [3.63, 3.8) is 0 Å². The summed E-state index contributed by atoms with van der Waals surface area (Å²) in [5, 5.41) is 3.18. The number of nitrogens with one attached hydrogen (secondary N) is 1. The summed E-state index contributed by atoms with van der Waals surface area (Å²) in [6.07, 6.45) is 8.51. The Kier molecular flexibility index (Phi) is 8.93. The first-order valence-corrected chi connectivity index (χ1v) is 8.27. The molecule has 0 bridgehead atoms. The third-order valence-corrected chi connectivity index (χ3v) is 3.88. The average molecular weight is 389 g/mol. The third-order valence-electron chi connectivity index (χ3n) is 2.95. The van der Waals surface area contributed by atoms with Gasteiger partial charge in [0.05, 0.1) is 12.3 Å². The molecule has 108 valence electrons. The van der Waals surface area contributed by atoms with Gasteiger partial charge in [-0.2, -0.15) is 0 Å². The van der Waals surface area contributed by atoms with Gasteiger partial charge in [-0.15, -0.1) is 24.0 Å². The molecule has 18 heavy (non-hydrogen) atoms. The molecule has 0 aliphatic heterocycles. The fourth-order valence-corrected chi connectivity index (χ4v) is 2.43. The Labute approximate surface area is 127 Å². The van der Waals surface area contributed by atoms with E-state index in [1.165, 1.54) is 31.9 Å². The largest absolute Gasteiger partial charge is 0.370 e. The Bertz CT molecular complexity index is 349. The molecule has 0 atom stereocenters. The standard InChI is InChI=1S/C11H23N3O2S.HI/c1-17(15,16)9-8-13-11(12)14-10-6-4-2-3-5-7-10;/h10H,2-9H2,1H3,(H3,12,13,14);1H. The number of nitrogens with zero attached hydrogens (tertiary/aromatic N) is 1. The number of aliphatic imine (C=N–C) groups is 1. The molecule has 0 spiro atoms. The highest BCUT2D eigenvalue weighted by Crippen LogP contribution is 2.16. The van der Waals surface area contributed by atoms with E-state index in [-0.39, 0.29) is 36.3 Å². The molecule has 1 aliphatic carbocycles. The van der Waals surface area contributed by atoms with Crippen molar-refractivity contribution in [3.05, 3.63) is 0 Å². The Balaban J connectivity index is 0.00000289. The molecule has 0 aromatic heterocycles. The first-order chi connectivity index (χ1) is 7.97. The van der Waals surface area contributed by atoms with Crippen LogP contribution in [-0.2, 0) is 9.84 Å². The Morgan fingerprint density at radius 2 is 1.83 bits per heavy atom. The second-order valence-corrected chi connectivity index (χ2v) is 6.99. The Hall–Kier alpha value is -0.0500. The highest BCUT2D eigenvalue weighted by Gasteiger charge is 2.12. The van der Waals surface area contributed by atoms with Crippen LogP contribution in [0.15, 0.2) is 4.99 Å². The van der Waals surface area contributed by atoms with Gasteiger partial charge in [-0.25, -0.2) is 8.42 Å². The van der Waals surface area contributed by atoms with Crippen LogP contribution in [-0.4, -0.2) is 39.0 Å². The summed E-state index contributed by atoms with van der Waals surface area (Å²) >= 11 is 0. The maximum Gasteiger partial charge on any atom is 0.188 e. The normalized spacial score (nSPS) is 18.8. The monoisotopic (exact) mass is 389 g/mol. The van der Waals surface area contributed by atoms with Gasteiger partial charge >= 0.3 is 0 Å². The predicted octanol–water partition coefficient (Wildman–Crippen LogP) is 1.28. The molecule has 0 unspecified atom stereocenters. The lowest BCUT2D eigenvalue weighted by molar-refractivity contribution is 0.530. The first-order valence-electron chi connectivity index (χ1n) is 6.21. The van der Waals surface area contributed by atoms with E-state index in [0.29, 0.717) is 12.0 Å². The topological polar surface area (TPSA) is 84.5 Å². The maximum atomic E-state index is 10.9. The van der Waals surface area contributed by atoms with E-state index in [0.717, 1.165) is 12.8 Å². The van der Waals surface area contributed by atoms with E-state index < -0.39 is 9.84 Å². The van der Waals surface area contributed by atoms with Crippen LogP contribution in [0.1, 0.15) is 38.5 Å². The highest BCUT2D eigenvalue weighted by atomic mass is 127. The van der Waals surface area contributed by atoms with E-state index in [1.807, 2.05) is 0 Å². The molecule has 0 heterocycles. The van der Waals surface area contributed by atoms with Crippen molar-refractivity contribution in [3.8, 4) is 0 Å². The fraction of sp³-hybridized carbons (Fsp3) is 0.909. The van der Waals surface area contributed by atoms with Crippen LogP contribution in [0, 0.1) is 0 Å². The summed E-state index contributed by atoms with van der Waals surface area (Å²) in [7, 11) is -2.95. The van der Waals surface area contributed by atoms with Crippen LogP contribution in [0.2, 0.25) is 0 Å². The van der Waals surface area contributed by atoms with Crippen LogP contribution >= 0.6 is 24.0 Å². The van der Waals surface area contributed by atoms with Crippen molar-refractivity contribution in [1.29, 1.82) is 0 Å². The van der Waals surface area contributed by atoms with Crippen LogP contribution in [0.3, 0.4) is 0 Å². The molecule has 1 rings (SSSR count). The van der Waals surface area contributed by atoms with Gasteiger partial charge in [0.25, 0.3) is 0 Å². The zero-order chi connectivity index (χ0) is 12.7. The van der Waals surface area contributed by atoms with Gasteiger partial charge in [0, 0.05) is 12.3 Å². The summed E-state index contributed by atoms with van der Waals surface area (Å²) < 4.78 is 21.8. The van der Waals surface area contributed by atoms with Crippen LogP contribution < -0.4 is 11.1 Å². The summed E-state index contributed by atoms with van der Waals surface area (Å²) in [5.41, 5.74) is 5.73. The van der Waals surface area contributed by atoms with Gasteiger partial charge < -0.3 is 11.1 Å². The van der Waals surface area contributed by atoms with Gasteiger partial charge in [0.2, 0.25) is 0 Å². The molecule has 0 amide bonds. The Morgan fingerprint density at radius 1 is 1.28 bits per heavy atom. The molecule has 0 saturated heterocycles. The number of hydrogen-bond donors (Lipinski definition) is 2. The van der Waals surface area contributed by atoms with Gasteiger partial charge in [-0.1, -0.05) is 25.7 Å². The SMILES string of the molecule is CS(=O)(=O)CCN=C(N)NC1CCCCCC1.I. The Morgan fingerprint density at radius 3 is 2.33 bits per heavy atom. The molecule has 1 saturated carbocycles. The van der Waals surface area contributed by atoms with Gasteiger partial charge in [0.1, 0.15) is 9.84 Å². The zero-order valence-electron chi connectivity index (χ0n) is 10.9. The number of rotatable bonds is 4. The van der Waals surface area contributed by atoms with E-state index >= 15 is 0 Å². The first kappa shape index (κ1) is 17.9. The summed E-state index contributed by atoms with van der Waals surface area (Å²) in [6, 6.07) is 0.402. The lowest BCUT2D eigenvalue weighted by Gasteiger charge is -2.16. The van der Waals surface area contributed by atoms with Gasteiger partial charge in [0.15, 0.2) is 5.96 Å². The van der Waals surface area contributed by atoms with Crippen molar-refractivity contribution >= 4 is 39.8 Å². The summed E-state index contributed by atoms with van der Waals surface area (Å²) in [6.45, 7) is 0.240. The molecule has 5 nitrogen and oxygen atoms in total. The van der Waals surface area contributed by atoms with Gasteiger partial charge in [-0.3, -0.25) is 4.99 Å². The van der Waals surface area contributed by atoms with Crippen LogP contribution in [0.5, 0.6) is 0 Å². The molecular formula is C11H24IN3O2S. The summed E-state index contributed by atoms with van der Waals surface area (Å²) in [4.78, 5) is 4.04. The smallest absolute Gasteiger partial charge is 0.188 e. The summed E-state index contributed by atoms with van der Waals surface area (Å²) in [5.74, 6) is 0.431. The maximum absolute atomic E-state index is 10.9. The fourth-order valence-electron chi connectivity index (χ4n) is 2.01. The average Bonchev–Trinajstić information content (AvgIpc) is 2.44. The molecule has 3 N–H and O–H groups in total. The number of hydrogen-bond acceptors (Lipinski definition) is 3. The molecule has 0 aromatic rings. The zero-order valence-corrected chi connectivity index (χ0v) is 14.0. The lowest BCUT2D eigenvalue weighted by Crippen LogP contribution is -2.40. The second kappa shape index (κ2) is 8.95. The minimum atomic E-state index is -2.95. The van der Waals surface area contributed by atoms with Crippen molar-refractivity contribution in [2.75, 3.05) is 18.6 Å². The van der Waals surface area contributed by atoms with Crippen LogP contribution in [0.25, 0.3) is 0 Å². The number of nitrogens with two attached hydrogens (primary N) is 1. The molecule has 1 aliphatic rings. The molecule has 7 heteroatoms. The van der Waals surface area contributed by atoms with Crippen molar-refractivity contribution in [2.24, 2.45) is 10.7 Å². The van der Waals surface area contributed by atoms with E-state index in [1.54, 1.807) is 0 Å². The molecule has 0 radical (unpaired) electrons. The highest BCUT2D eigenvalue weighted by molar-refractivity contribution is 14.0. The predicted molar refractivity (Wildman–Crippen MR) is 86.2 cm³/mol. The second-order valence-electron chi connectivity index (χ2n) is 4.73. The number of guanidine groups is 1. The van der Waals surface area contributed by atoms with Crippen molar-refractivity contribution in [2.45, 2.75) is 44.6 Å². The molecule has 1 fully saturated rings. The van der Waals surface area contributed by atoms with Gasteiger partial charge in [-0.05, 0) is 12.8 Å². The van der Waals surface area contributed by atoms with Crippen LogP contribution in [0.4, 0.5) is 0 Å².